The zero-order valence-corrected chi connectivity index (χ0v) is 18.1. The first-order chi connectivity index (χ1) is 14.2. The molecule has 10 nitrogen and oxygen atoms in total. The summed E-state index contributed by atoms with van der Waals surface area (Å²) in [5.41, 5.74) is 1.69. The zero-order valence-electron chi connectivity index (χ0n) is 17.3. The third-order valence-corrected chi connectivity index (χ3v) is 6.39. The molecule has 3 aromatic rings. The quantitative estimate of drug-likeness (QED) is 0.580. The van der Waals surface area contributed by atoms with Crippen molar-refractivity contribution in [1.29, 1.82) is 0 Å². The summed E-state index contributed by atoms with van der Waals surface area (Å²) in [6.45, 7) is 4.28. The topological polar surface area (TPSA) is 123 Å². The van der Waals surface area contributed by atoms with E-state index < -0.39 is 15.9 Å². The van der Waals surface area contributed by atoms with E-state index in [1.807, 2.05) is 13.8 Å². The van der Waals surface area contributed by atoms with Crippen LogP contribution in [0.3, 0.4) is 0 Å². The molecule has 1 N–H and O–H groups in total. The molecule has 0 aliphatic heterocycles. The minimum absolute atomic E-state index is 0.0650. The number of aryl methyl sites for hydroxylation is 2. The lowest BCUT2D eigenvalue weighted by atomic mass is 10.2. The molecule has 0 aliphatic carbocycles. The molecule has 160 valence electrons. The molecule has 0 bridgehead atoms. The summed E-state index contributed by atoms with van der Waals surface area (Å²) in [5.74, 6) is -0.264. The van der Waals surface area contributed by atoms with Crippen molar-refractivity contribution in [3.05, 3.63) is 41.6 Å². The maximum absolute atomic E-state index is 12.6. The number of rotatable bonds is 8. The third kappa shape index (κ3) is 4.57. The Balaban J connectivity index is 1.70. The summed E-state index contributed by atoms with van der Waals surface area (Å²) in [4.78, 5) is 12.6. The molecule has 11 heteroatoms. The van der Waals surface area contributed by atoms with Gasteiger partial charge in [-0.1, -0.05) is 18.4 Å². The van der Waals surface area contributed by atoms with Crippen molar-refractivity contribution < 1.29 is 17.6 Å². The predicted molar refractivity (Wildman–Crippen MR) is 110 cm³/mol. The molecule has 2 aromatic heterocycles. The van der Waals surface area contributed by atoms with Crippen LogP contribution >= 0.6 is 0 Å². The summed E-state index contributed by atoms with van der Waals surface area (Å²) < 4.78 is 33.5. The van der Waals surface area contributed by atoms with E-state index in [-0.39, 0.29) is 22.4 Å². The molecule has 0 spiro atoms. The van der Waals surface area contributed by atoms with Crippen LogP contribution in [-0.4, -0.2) is 52.2 Å². The number of unbranched alkanes of at least 4 members (excludes halogenated alkanes) is 1. The van der Waals surface area contributed by atoms with Crippen molar-refractivity contribution in [2.75, 3.05) is 18.9 Å². The normalized spacial score (nSPS) is 11.8. The number of aromatic nitrogens is 4. The molecule has 0 atom stereocenters. The van der Waals surface area contributed by atoms with Gasteiger partial charge >= 0.3 is 6.01 Å². The monoisotopic (exact) mass is 432 g/mol. The third-order valence-electron chi connectivity index (χ3n) is 4.52. The first-order valence-electron chi connectivity index (χ1n) is 9.44. The smallest absolute Gasteiger partial charge is 0.322 e. The van der Waals surface area contributed by atoms with Crippen LogP contribution in [0, 0.1) is 6.92 Å². The van der Waals surface area contributed by atoms with Crippen LogP contribution in [0.15, 0.2) is 39.6 Å². The molecule has 1 aromatic carbocycles. The molecule has 30 heavy (non-hydrogen) atoms. The molecule has 0 radical (unpaired) electrons. The van der Waals surface area contributed by atoms with Gasteiger partial charge in [0, 0.05) is 26.2 Å². The van der Waals surface area contributed by atoms with Gasteiger partial charge in [-0.15, -0.1) is 5.10 Å². The Bertz CT molecular complexity index is 1130. The number of hydrogen-bond donors (Lipinski definition) is 1. The number of carbonyl (C=O) groups excluding carboxylic acids is 1. The number of amides is 1. The number of sulfonamides is 1. The number of nitrogens with one attached hydrogen (secondary N) is 1. The Morgan fingerprint density at radius 1 is 1.23 bits per heavy atom. The minimum atomic E-state index is -3.59. The van der Waals surface area contributed by atoms with E-state index in [4.69, 9.17) is 4.42 Å². The number of carbonyl (C=O) groups is 1. The van der Waals surface area contributed by atoms with E-state index >= 15 is 0 Å². The van der Waals surface area contributed by atoms with Crippen molar-refractivity contribution >= 4 is 21.9 Å². The Morgan fingerprint density at radius 2 is 1.93 bits per heavy atom. The molecule has 0 saturated heterocycles. The van der Waals surface area contributed by atoms with Crippen molar-refractivity contribution in [3.8, 4) is 11.6 Å². The minimum Gasteiger partial charge on any atom is -0.401 e. The van der Waals surface area contributed by atoms with Crippen molar-refractivity contribution in [2.24, 2.45) is 7.05 Å². The summed E-state index contributed by atoms with van der Waals surface area (Å²) in [7, 11) is -0.295. The van der Waals surface area contributed by atoms with E-state index in [0.717, 1.165) is 18.5 Å². The number of nitrogens with zero attached hydrogens (tertiary/aromatic N) is 5. The van der Waals surface area contributed by atoms with Crippen molar-refractivity contribution in [3.63, 3.8) is 0 Å². The van der Waals surface area contributed by atoms with E-state index in [1.54, 1.807) is 24.8 Å². The largest absolute Gasteiger partial charge is 0.401 e. The van der Waals surface area contributed by atoms with Crippen LogP contribution in [0.4, 0.5) is 6.01 Å². The first kappa shape index (κ1) is 21.7. The van der Waals surface area contributed by atoms with Crippen molar-refractivity contribution in [1.82, 2.24) is 24.3 Å². The van der Waals surface area contributed by atoms with E-state index in [0.29, 0.717) is 12.2 Å². The standard InChI is InChI=1S/C19H24N6O4S/c1-5-6-11-24(3)30(27,28)15-9-7-14(8-10-15)17(26)20-19-22-21-18(29-19)16-12-13(2)23-25(16)4/h7-10,12H,5-6,11H2,1-4H3,(H,20,22,26). The number of hydrogen-bond acceptors (Lipinski definition) is 7. The van der Waals surface area contributed by atoms with Gasteiger partial charge in [-0.05, 0) is 43.7 Å². The number of benzene rings is 1. The molecule has 2 heterocycles. The number of anilines is 1. The second kappa shape index (κ2) is 8.76. The molecular weight excluding hydrogens is 408 g/mol. The first-order valence-corrected chi connectivity index (χ1v) is 10.9. The lowest BCUT2D eigenvalue weighted by Crippen LogP contribution is -2.28. The van der Waals surface area contributed by atoms with Gasteiger partial charge in [0.25, 0.3) is 11.8 Å². The van der Waals surface area contributed by atoms with Gasteiger partial charge in [-0.3, -0.25) is 14.8 Å². The fraction of sp³-hybridized carbons (Fsp3) is 0.368. The van der Waals surface area contributed by atoms with E-state index in [9.17, 15) is 13.2 Å². The fourth-order valence-corrected chi connectivity index (χ4v) is 4.03. The van der Waals surface area contributed by atoms with E-state index in [1.165, 1.54) is 28.6 Å². The predicted octanol–water partition coefficient (Wildman–Crippen LogP) is 2.45. The van der Waals surface area contributed by atoms with Gasteiger partial charge in [-0.2, -0.15) is 5.10 Å². The summed E-state index contributed by atoms with van der Waals surface area (Å²) in [6, 6.07) is 7.42. The highest BCUT2D eigenvalue weighted by atomic mass is 32.2. The lowest BCUT2D eigenvalue weighted by Gasteiger charge is -2.16. The van der Waals surface area contributed by atoms with Gasteiger partial charge in [0.05, 0.1) is 10.6 Å². The van der Waals surface area contributed by atoms with Crippen LogP contribution in [0.1, 0.15) is 35.8 Å². The second-order valence-electron chi connectivity index (χ2n) is 6.87. The molecule has 0 unspecified atom stereocenters. The average molecular weight is 433 g/mol. The van der Waals surface area contributed by atoms with Crippen LogP contribution in [0.25, 0.3) is 11.6 Å². The highest BCUT2D eigenvalue weighted by molar-refractivity contribution is 7.89. The molecular formula is C19H24N6O4S. The Hall–Kier alpha value is -3.05. The summed E-state index contributed by atoms with van der Waals surface area (Å²) >= 11 is 0. The highest BCUT2D eigenvalue weighted by Crippen LogP contribution is 2.21. The van der Waals surface area contributed by atoms with Gasteiger partial charge in [-0.25, -0.2) is 12.7 Å². The summed E-state index contributed by atoms with van der Waals surface area (Å²) in [5, 5.41) is 14.5. The summed E-state index contributed by atoms with van der Waals surface area (Å²) in [6.07, 6.45) is 1.68. The van der Waals surface area contributed by atoms with Crippen LogP contribution in [0.2, 0.25) is 0 Å². The molecule has 0 aliphatic rings. The van der Waals surface area contributed by atoms with Crippen LogP contribution in [0.5, 0.6) is 0 Å². The molecule has 0 fully saturated rings. The SMILES string of the molecule is CCCCN(C)S(=O)(=O)c1ccc(C(=O)Nc2nnc(-c3cc(C)nn3C)o2)cc1. The van der Waals surface area contributed by atoms with Gasteiger partial charge in [0.2, 0.25) is 10.0 Å². The van der Waals surface area contributed by atoms with Gasteiger partial charge < -0.3 is 4.42 Å². The van der Waals surface area contributed by atoms with Crippen LogP contribution in [-0.2, 0) is 17.1 Å². The van der Waals surface area contributed by atoms with Gasteiger partial charge in [0.1, 0.15) is 5.69 Å². The van der Waals surface area contributed by atoms with E-state index in [2.05, 4.69) is 20.6 Å². The molecule has 1 amide bonds. The van der Waals surface area contributed by atoms with Crippen molar-refractivity contribution in [2.45, 2.75) is 31.6 Å². The fourth-order valence-electron chi connectivity index (χ4n) is 2.82. The van der Waals surface area contributed by atoms with Gasteiger partial charge in [0.15, 0.2) is 0 Å². The van der Waals surface area contributed by atoms with Crippen LogP contribution < -0.4 is 5.32 Å². The Kier molecular flexibility index (Phi) is 6.32. The second-order valence-corrected chi connectivity index (χ2v) is 8.91. The Morgan fingerprint density at radius 3 is 2.53 bits per heavy atom. The molecule has 3 rings (SSSR count). The zero-order chi connectivity index (χ0) is 21.9. The average Bonchev–Trinajstić information content (AvgIpc) is 3.31. The molecule has 0 saturated carbocycles. The lowest BCUT2D eigenvalue weighted by molar-refractivity contribution is 0.102. The maximum atomic E-state index is 12.6. The maximum Gasteiger partial charge on any atom is 0.322 e. The Labute approximate surface area is 175 Å². The highest BCUT2D eigenvalue weighted by Gasteiger charge is 2.21.